The lowest BCUT2D eigenvalue weighted by molar-refractivity contribution is -0.140. The molecule has 0 N–H and O–H groups in total. The number of rotatable bonds is 6. The van der Waals surface area contributed by atoms with Gasteiger partial charge < -0.3 is 9.47 Å². The second-order valence-corrected chi connectivity index (χ2v) is 8.64. The van der Waals surface area contributed by atoms with Crippen LogP contribution in [0.1, 0.15) is 73.7 Å². The number of allylic oxidation sites excluding steroid dienone is 1. The summed E-state index contributed by atoms with van der Waals surface area (Å²) in [5, 5.41) is 0. The van der Waals surface area contributed by atoms with E-state index in [0.29, 0.717) is 17.7 Å². The monoisotopic (exact) mass is 418 g/mol. The summed E-state index contributed by atoms with van der Waals surface area (Å²) < 4.78 is 10.5. The highest BCUT2D eigenvalue weighted by atomic mass is 16.5. The maximum Gasteiger partial charge on any atom is 0.338 e. The van der Waals surface area contributed by atoms with Crippen LogP contribution in [0.15, 0.2) is 48.5 Å². The Balaban J connectivity index is 1.87. The molecule has 2 aromatic rings. The highest BCUT2D eigenvalue weighted by Crippen LogP contribution is 2.40. The van der Waals surface area contributed by atoms with Gasteiger partial charge in [-0.05, 0) is 73.1 Å². The van der Waals surface area contributed by atoms with Gasteiger partial charge in [0.15, 0.2) is 0 Å². The van der Waals surface area contributed by atoms with E-state index in [4.69, 9.17) is 9.47 Å². The maximum absolute atomic E-state index is 12.7. The van der Waals surface area contributed by atoms with Crippen LogP contribution in [-0.2, 0) is 19.7 Å². The van der Waals surface area contributed by atoms with Crippen molar-refractivity contribution in [1.82, 2.24) is 0 Å². The van der Waals surface area contributed by atoms with Crippen molar-refractivity contribution >= 4 is 29.7 Å². The number of hydrogen-bond donors (Lipinski definition) is 0. The molecule has 1 aliphatic carbocycles. The average molecular weight is 419 g/mol. The van der Waals surface area contributed by atoms with Gasteiger partial charge in [-0.2, -0.15) is 0 Å². The van der Waals surface area contributed by atoms with E-state index in [2.05, 4.69) is 26.0 Å². The zero-order valence-corrected chi connectivity index (χ0v) is 18.9. The molecule has 0 saturated carbocycles. The molecular formula is C27H30O4. The number of esters is 2. The smallest absolute Gasteiger partial charge is 0.338 e. The minimum Gasteiger partial charge on any atom is -0.462 e. The minimum absolute atomic E-state index is 0.0396. The number of benzene rings is 2. The number of ether oxygens (including phenoxy) is 2. The molecule has 4 heteroatoms. The molecule has 0 aromatic heterocycles. The Bertz CT molecular complexity index is 1020. The number of carbonyl (C=O) groups excluding carboxylic acids is 2. The summed E-state index contributed by atoms with van der Waals surface area (Å²) in [6.45, 7) is 10.2. The fourth-order valence-electron chi connectivity index (χ4n) is 3.66. The van der Waals surface area contributed by atoms with Gasteiger partial charge in [0.25, 0.3) is 0 Å². The average Bonchev–Trinajstić information content (AvgIpc) is 2.72. The molecule has 2 aromatic carbocycles. The van der Waals surface area contributed by atoms with E-state index in [1.807, 2.05) is 50.3 Å². The van der Waals surface area contributed by atoms with Crippen LogP contribution in [0.25, 0.3) is 17.7 Å². The van der Waals surface area contributed by atoms with Crippen LogP contribution in [0.5, 0.6) is 0 Å². The Hall–Kier alpha value is -3.14. The van der Waals surface area contributed by atoms with Crippen LogP contribution in [0.4, 0.5) is 0 Å². The van der Waals surface area contributed by atoms with Gasteiger partial charge in [0, 0.05) is 0 Å². The fourth-order valence-corrected chi connectivity index (χ4v) is 3.66. The third kappa shape index (κ3) is 5.32. The van der Waals surface area contributed by atoms with Crippen LogP contribution >= 0.6 is 0 Å². The molecule has 0 atom stereocenters. The lowest BCUT2D eigenvalue weighted by atomic mass is 9.73. The third-order valence-corrected chi connectivity index (χ3v) is 5.33. The first-order valence-corrected chi connectivity index (χ1v) is 10.7. The summed E-state index contributed by atoms with van der Waals surface area (Å²) >= 11 is 0. The molecule has 162 valence electrons. The highest BCUT2D eigenvalue weighted by Gasteiger charge is 2.31. The number of hydrogen-bond acceptors (Lipinski definition) is 4. The van der Waals surface area contributed by atoms with Crippen LogP contribution < -0.4 is 0 Å². The largest absolute Gasteiger partial charge is 0.462 e. The second-order valence-electron chi connectivity index (χ2n) is 8.64. The summed E-state index contributed by atoms with van der Waals surface area (Å²) in [5.41, 5.74) is 5.19. The Morgan fingerprint density at radius 3 is 2.29 bits per heavy atom. The van der Waals surface area contributed by atoms with Crippen molar-refractivity contribution in [3.8, 4) is 0 Å². The van der Waals surface area contributed by atoms with Gasteiger partial charge in [0.2, 0.25) is 0 Å². The summed E-state index contributed by atoms with van der Waals surface area (Å²) in [7, 11) is 0. The van der Waals surface area contributed by atoms with E-state index in [1.54, 1.807) is 19.1 Å². The molecule has 0 radical (unpaired) electrons. The topological polar surface area (TPSA) is 52.6 Å². The van der Waals surface area contributed by atoms with Gasteiger partial charge in [-0.1, -0.05) is 56.3 Å². The van der Waals surface area contributed by atoms with E-state index in [1.165, 1.54) is 0 Å². The molecule has 31 heavy (non-hydrogen) atoms. The molecule has 0 aliphatic heterocycles. The first-order chi connectivity index (χ1) is 14.7. The molecule has 0 spiro atoms. The van der Waals surface area contributed by atoms with E-state index >= 15 is 0 Å². The van der Waals surface area contributed by atoms with Gasteiger partial charge in [-0.15, -0.1) is 0 Å². The SMILES string of the molecule is CCOC(=O)c1ccc(C=Cc2ccc3c(c2)C(C(=O)OC(C)C)=CCC3(C)C)cc1. The summed E-state index contributed by atoms with van der Waals surface area (Å²) in [4.78, 5) is 24.5. The van der Waals surface area contributed by atoms with E-state index < -0.39 is 0 Å². The standard InChI is InChI=1S/C27H30O4/c1-6-30-25(28)21-12-9-19(10-13-21)7-8-20-11-14-24-23(17-20)22(15-16-27(24,4)5)26(29)31-18(2)3/h7-15,17-18H,6,16H2,1-5H3. The summed E-state index contributed by atoms with van der Waals surface area (Å²) in [6, 6.07) is 13.5. The first-order valence-electron chi connectivity index (χ1n) is 10.7. The van der Waals surface area contributed by atoms with Crippen molar-refractivity contribution in [2.45, 2.75) is 52.6 Å². The third-order valence-electron chi connectivity index (χ3n) is 5.33. The molecule has 0 amide bonds. The molecule has 3 rings (SSSR count). The van der Waals surface area contributed by atoms with Gasteiger partial charge in [-0.3, -0.25) is 0 Å². The van der Waals surface area contributed by atoms with Crippen molar-refractivity contribution in [2.75, 3.05) is 6.61 Å². The predicted octanol–water partition coefficient (Wildman–Crippen LogP) is 6.05. The van der Waals surface area contributed by atoms with Crippen molar-refractivity contribution in [2.24, 2.45) is 0 Å². The maximum atomic E-state index is 12.7. The molecule has 4 nitrogen and oxygen atoms in total. The Morgan fingerprint density at radius 1 is 1.00 bits per heavy atom. The van der Waals surface area contributed by atoms with Gasteiger partial charge in [0.05, 0.1) is 23.8 Å². The fraction of sp³-hybridized carbons (Fsp3) is 0.333. The zero-order chi connectivity index (χ0) is 22.6. The second kappa shape index (κ2) is 9.34. The highest BCUT2D eigenvalue weighted by molar-refractivity contribution is 6.17. The molecule has 0 heterocycles. The van der Waals surface area contributed by atoms with Crippen molar-refractivity contribution in [3.05, 3.63) is 76.4 Å². The molecular weight excluding hydrogens is 388 g/mol. The predicted molar refractivity (Wildman–Crippen MR) is 125 cm³/mol. The zero-order valence-electron chi connectivity index (χ0n) is 18.9. The lowest BCUT2D eigenvalue weighted by Crippen LogP contribution is -2.25. The van der Waals surface area contributed by atoms with Crippen LogP contribution in [0.2, 0.25) is 0 Å². The molecule has 0 bridgehead atoms. The van der Waals surface area contributed by atoms with Crippen molar-refractivity contribution < 1.29 is 19.1 Å². The van der Waals surface area contributed by atoms with E-state index in [0.717, 1.165) is 28.7 Å². The number of carbonyl (C=O) groups is 2. The Kier molecular flexibility index (Phi) is 6.79. The van der Waals surface area contributed by atoms with Gasteiger partial charge >= 0.3 is 11.9 Å². The summed E-state index contributed by atoms with van der Waals surface area (Å²) in [5.74, 6) is -0.592. The van der Waals surface area contributed by atoms with Crippen molar-refractivity contribution in [1.29, 1.82) is 0 Å². The molecule has 0 saturated heterocycles. The molecule has 1 aliphatic rings. The van der Waals surface area contributed by atoms with E-state index in [9.17, 15) is 9.59 Å². The Labute approximate surface area is 184 Å². The normalized spacial score (nSPS) is 14.8. The van der Waals surface area contributed by atoms with Crippen LogP contribution in [0, 0.1) is 0 Å². The number of fused-ring (bicyclic) bond motifs is 1. The lowest BCUT2D eigenvalue weighted by Gasteiger charge is -2.31. The quantitative estimate of drug-likeness (QED) is 0.423. The molecule has 0 fully saturated rings. The van der Waals surface area contributed by atoms with Gasteiger partial charge in [0.1, 0.15) is 0 Å². The van der Waals surface area contributed by atoms with E-state index in [-0.39, 0.29) is 23.5 Å². The van der Waals surface area contributed by atoms with Crippen molar-refractivity contribution in [3.63, 3.8) is 0 Å². The molecule has 0 unspecified atom stereocenters. The van der Waals surface area contributed by atoms with Gasteiger partial charge in [-0.25, -0.2) is 9.59 Å². The minimum atomic E-state index is -0.317. The Morgan fingerprint density at radius 2 is 1.65 bits per heavy atom. The summed E-state index contributed by atoms with van der Waals surface area (Å²) in [6.07, 6.45) is 6.62. The van der Waals surface area contributed by atoms with Crippen LogP contribution in [-0.4, -0.2) is 24.6 Å². The van der Waals surface area contributed by atoms with Crippen LogP contribution in [0.3, 0.4) is 0 Å². The first kappa shape index (κ1) is 22.5.